The highest BCUT2D eigenvalue weighted by Crippen LogP contribution is 2.21. The van der Waals surface area contributed by atoms with Crippen molar-refractivity contribution in [2.75, 3.05) is 19.8 Å². The third-order valence-corrected chi connectivity index (χ3v) is 3.68. The van der Waals surface area contributed by atoms with Crippen LogP contribution in [0.25, 0.3) is 0 Å². The molecule has 0 spiro atoms. The Morgan fingerprint density at radius 3 is 3.06 bits per heavy atom. The number of hydrogen-bond donors (Lipinski definition) is 0. The molecule has 1 aliphatic heterocycles. The second kappa shape index (κ2) is 6.34. The van der Waals surface area contributed by atoms with Gasteiger partial charge in [0.1, 0.15) is 0 Å². The van der Waals surface area contributed by atoms with Crippen LogP contribution in [0.3, 0.4) is 0 Å². The van der Waals surface area contributed by atoms with Crippen LogP contribution in [0.15, 0.2) is 12.5 Å². The van der Waals surface area contributed by atoms with Crippen molar-refractivity contribution in [3.63, 3.8) is 0 Å². The molecular formula is C14H25N3O. The lowest BCUT2D eigenvalue weighted by atomic mass is 10.2. The average Bonchev–Trinajstić information content (AvgIpc) is 2.96. The third kappa shape index (κ3) is 3.12. The van der Waals surface area contributed by atoms with Crippen molar-refractivity contribution in [2.24, 2.45) is 0 Å². The molecule has 1 atom stereocenters. The predicted molar refractivity (Wildman–Crippen MR) is 72.5 cm³/mol. The molecule has 1 aliphatic rings. The van der Waals surface area contributed by atoms with E-state index in [1.165, 1.54) is 25.1 Å². The van der Waals surface area contributed by atoms with E-state index < -0.39 is 0 Å². The van der Waals surface area contributed by atoms with E-state index in [-0.39, 0.29) is 0 Å². The van der Waals surface area contributed by atoms with E-state index in [0.29, 0.717) is 12.1 Å². The Balaban J connectivity index is 1.97. The molecule has 0 amide bonds. The van der Waals surface area contributed by atoms with Crippen molar-refractivity contribution in [3.8, 4) is 0 Å². The summed E-state index contributed by atoms with van der Waals surface area (Å²) in [5, 5.41) is 0. The fourth-order valence-electron chi connectivity index (χ4n) is 2.67. The minimum atomic E-state index is 0.482. The topological polar surface area (TPSA) is 30.3 Å². The highest BCUT2D eigenvalue weighted by atomic mass is 16.5. The number of imidazole rings is 1. The van der Waals surface area contributed by atoms with Gasteiger partial charge in [-0.25, -0.2) is 4.98 Å². The summed E-state index contributed by atoms with van der Waals surface area (Å²) in [5.41, 5.74) is 1.31. The van der Waals surface area contributed by atoms with Crippen molar-refractivity contribution < 1.29 is 4.74 Å². The molecule has 1 unspecified atom stereocenters. The Bertz CT molecular complexity index is 362. The number of rotatable bonds is 6. The van der Waals surface area contributed by atoms with Crippen LogP contribution in [0.2, 0.25) is 0 Å². The summed E-state index contributed by atoms with van der Waals surface area (Å²) < 4.78 is 7.84. The number of aromatic nitrogens is 2. The molecule has 1 aromatic heterocycles. The van der Waals surface area contributed by atoms with E-state index in [1.807, 2.05) is 12.5 Å². The largest absolute Gasteiger partial charge is 0.380 e. The van der Waals surface area contributed by atoms with Crippen LogP contribution in [0.5, 0.6) is 0 Å². The quantitative estimate of drug-likeness (QED) is 0.778. The summed E-state index contributed by atoms with van der Waals surface area (Å²) in [7, 11) is 0. The van der Waals surface area contributed by atoms with Gasteiger partial charge in [0, 0.05) is 31.4 Å². The van der Waals surface area contributed by atoms with Crippen molar-refractivity contribution in [1.29, 1.82) is 0 Å². The van der Waals surface area contributed by atoms with Gasteiger partial charge in [0.15, 0.2) is 0 Å². The zero-order valence-corrected chi connectivity index (χ0v) is 11.8. The van der Waals surface area contributed by atoms with E-state index in [9.17, 15) is 0 Å². The van der Waals surface area contributed by atoms with Crippen LogP contribution in [-0.2, 0) is 11.3 Å². The minimum Gasteiger partial charge on any atom is -0.380 e. The first-order valence-corrected chi connectivity index (χ1v) is 7.04. The number of likely N-dealkylation sites (tertiary alicyclic amines) is 1. The van der Waals surface area contributed by atoms with E-state index in [4.69, 9.17) is 4.74 Å². The van der Waals surface area contributed by atoms with Gasteiger partial charge in [0.2, 0.25) is 0 Å². The summed E-state index contributed by atoms with van der Waals surface area (Å²) in [6.45, 7) is 10.3. The van der Waals surface area contributed by atoms with Crippen LogP contribution >= 0.6 is 0 Å². The highest BCUT2D eigenvalue weighted by Gasteiger charge is 2.25. The fourth-order valence-corrected chi connectivity index (χ4v) is 2.67. The lowest BCUT2D eigenvalue weighted by Gasteiger charge is -2.25. The van der Waals surface area contributed by atoms with Crippen molar-refractivity contribution in [2.45, 2.75) is 52.2 Å². The average molecular weight is 251 g/mol. The van der Waals surface area contributed by atoms with Crippen molar-refractivity contribution in [3.05, 3.63) is 18.2 Å². The molecule has 0 saturated carbocycles. The monoisotopic (exact) mass is 251 g/mol. The Labute approximate surface area is 110 Å². The van der Waals surface area contributed by atoms with E-state index >= 15 is 0 Å². The van der Waals surface area contributed by atoms with Crippen molar-refractivity contribution in [1.82, 2.24) is 14.5 Å². The van der Waals surface area contributed by atoms with Gasteiger partial charge in [0.05, 0.1) is 18.6 Å². The van der Waals surface area contributed by atoms with Crippen LogP contribution in [0, 0.1) is 0 Å². The van der Waals surface area contributed by atoms with Crippen LogP contribution in [0.4, 0.5) is 0 Å². The van der Waals surface area contributed by atoms with Gasteiger partial charge in [-0.15, -0.1) is 0 Å². The maximum atomic E-state index is 5.58. The standard InChI is InChI=1S/C14H25N3O/c1-4-18-10-13-6-5-7-16(13)9-14-8-15-11-17(14)12(2)3/h8,11-13H,4-7,9-10H2,1-3H3. The van der Waals surface area contributed by atoms with Gasteiger partial charge in [-0.2, -0.15) is 0 Å². The van der Waals surface area contributed by atoms with Crippen LogP contribution in [-0.4, -0.2) is 40.3 Å². The van der Waals surface area contributed by atoms with Gasteiger partial charge in [-0.3, -0.25) is 4.90 Å². The lowest BCUT2D eigenvalue weighted by Crippen LogP contribution is -2.33. The van der Waals surface area contributed by atoms with E-state index in [1.54, 1.807) is 0 Å². The van der Waals surface area contributed by atoms with Crippen LogP contribution in [0.1, 0.15) is 45.3 Å². The highest BCUT2D eigenvalue weighted by molar-refractivity contribution is 5.01. The summed E-state index contributed by atoms with van der Waals surface area (Å²) in [6.07, 6.45) is 6.48. The van der Waals surface area contributed by atoms with E-state index in [2.05, 4.69) is 35.2 Å². The SMILES string of the molecule is CCOCC1CCCN1Cc1cncn1C(C)C. The molecule has 0 N–H and O–H groups in total. The van der Waals surface area contributed by atoms with Crippen LogP contribution < -0.4 is 0 Å². The van der Waals surface area contributed by atoms with Gasteiger partial charge < -0.3 is 9.30 Å². The molecule has 1 saturated heterocycles. The lowest BCUT2D eigenvalue weighted by molar-refractivity contribution is 0.0813. The Morgan fingerprint density at radius 2 is 2.33 bits per heavy atom. The second-order valence-corrected chi connectivity index (χ2v) is 5.31. The Kier molecular flexibility index (Phi) is 4.78. The fraction of sp³-hybridized carbons (Fsp3) is 0.786. The molecule has 0 radical (unpaired) electrons. The molecule has 102 valence electrons. The van der Waals surface area contributed by atoms with Gasteiger partial charge in [0.25, 0.3) is 0 Å². The smallest absolute Gasteiger partial charge is 0.0951 e. The van der Waals surface area contributed by atoms with Crippen molar-refractivity contribution >= 4 is 0 Å². The molecule has 1 fully saturated rings. The van der Waals surface area contributed by atoms with E-state index in [0.717, 1.165) is 19.8 Å². The molecule has 0 aliphatic carbocycles. The molecule has 2 rings (SSSR count). The number of ether oxygens (including phenoxy) is 1. The molecule has 1 aromatic rings. The summed E-state index contributed by atoms with van der Waals surface area (Å²) in [4.78, 5) is 6.81. The number of hydrogen-bond acceptors (Lipinski definition) is 3. The van der Waals surface area contributed by atoms with Gasteiger partial charge >= 0.3 is 0 Å². The third-order valence-electron chi connectivity index (χ3n) is 3.68. The first kappa shape index (κ1) is 13.6. The van der Waals surface area contributed by atoms with Gasteiger partial charge in [-0.05, 0) is 40.2 Å². The molecule has 18 heavy (non-hydrogen) atoms. The first-order chi connectivity index (χ1) is 8.72. The zero-order valence-electron chi connectivity index (χ0n) is 11.8. The zero-order chi connectivity index (χ0) is 13.0. The molecule has 2 heterocycles. The summed E-state index contributed by atoms with van der Waals surface area (Å²) >= 11 is 0. The first-order valence-electron chi connectivity index (χ1n) is 7.04. The van der Waals surface area contributed by atoms with Gasteiger partial charge in [-0.1, -0.05) is 0 Å². The predicted octanol–water partition coefficient (Wildman–Crippen LogP) is 2.46. The molecule has 0 aromatic carbocycles. The molecule has 4 nitrogen and oxygen atoms in total. The summed E-state index contributed by atoms with van der Waals surface area (Å²) in [5.74, 6) is 0. The summed E-state index contributed by atoms with van der Waals surface area (Å²) in [6, 6.07) is 1.07. The maximum absolute atomic E-state index is 5.58. The minimum absolute atomic E-state index is 0.482. The molecular weight excluding hydrogens is 226 g/mol. The second-order valence-electron chi connectivity index (χ2n) is 5.31. The normalized spacial score (nSPS) is 21.0. The Hall–Kier alpha value is -0.870. The molecule has 4 heteroatoms. The number of nitrogens with zero attached hydrogens (tertiary/aromatic N) is 3. The Morgan fingerprint density at radius 1 is 1.50 bits per heavy atom. The maximum Gasteiger partial charge on any atom is 0.0951 e. The molecule has 0 bridgehead atoms.